The molecule has 5 amide bonds. The lowest BCUT2D eigenvalue weighted by molar-refractivity contribution is -0.149. The zero-order chi connectivity index (χ0) is 49.4. The number of fused-ring (bicyclic) bond motifs is 1. The predicted octanol–water partition coefficient (Wildman–Crippen LogP) is 6.63. The fraction of sp³-hybridized carbons (Fsp3) is 0.396. The van der Waals surface area contributed by atoms with Gasteiger partial charge in [0.1, 0.15) is 49.2 Å². The van der Waals surface area contributed by atoms with Gasteiger partial charge in [-0.25, -0.2) is 4.79 Å². The van der Waals surface area contributed by atoms with Gasteiger partial charge in [-0.1, -0.05) is 125 Å². The standard InChI is InChI=1S/C53H66N6O8S/c1-33(2)26-44(56-36(5)60)50(63)59-47(32-68-53(6,7)8)51(64)57-45(28-40-29-54-43-17-13-12-16-42(40)43)49(62)55-35(4)48(61)58-46(27-37-14-10-9-11-15-37)52(65)67-31-39-22-24-41(25-23-39)66-30-38-20-18-34(3)19-21-38/h9-25,29,33,35,44-47,54H,26-28,30-32H2,1-8H3,(H,55,62)(H,56,60)(H,57,64)(H,58,61)(H,59,63)/t35-,44-,45-,46-,47-/m0/s1. The Morgan fingerprint density at radius 1 is 0.618 bits per heavy atom. The molecule has 5 rings (SSSR count). The van der Waals surface area contributed by atoms with Crippen LogP contribution >= 0.6 is 11.8 Å². The van der Waals surface area contributed by atoms with Crippen molar-refractivity contribution in [3.63, 3.8) is 0 Å². The van der Waals surface area contributed by atoms with Crippen LogP contribution in [-0.2, 0) is 59.6 Å². The van der Waals surface area contributed by atoms with Crippen LogP contribution in [0.4, 0.5) is 0 Å². The number of aromatic amines is 1. The van der Waals surface area contributed by atoms with Crippen molar-refractivity contribution in [3.05, 3.63) is 137 Å². The van der Waals surface area contributed by atoms with Crippen LogP contribution in [0.15, 0.2) is 109 Å². The van der Waals surface area contributed by atoms with Gasteiger partial charge in [0, 0.05) is 47.4 Å². The van der Waals surface area contributed by atoms with E-state index in [2.05, 4.69) is 31.6 Å². The smallest absolute Gasteiger partial charge is 0.329 e. The van der Waals surface area contributed by atoms with Crippen molar-refractivity contribution in [2.75, 3.05) is 5.75 Å². The summed E-state index contributed by atoms with van der Waals surface area (Å²) in [6, 6.07) is 26.6. The second kappa shape index (κ2) is 25.0. The Bertz CT molecular complexity index is 2470. The Balaban J connectivity index is 1.30. The van der Waals surface area contributed by atoms with Gasteiger partial charge in [-0.05, 0) is 66.6 Å². The molecule has 68 heavy (non-hydrogen) atoms. The molecule has 362 valence electrons. The molecule has 0 saturated carbocycles. The number of rotatable bonds is 23. The first-order valence-corrected chi connectivity index (χ1v) is 24.0. The van der Waals surface area contributed by atoms with E-state index in [-0.39, 0.29) is 41.8 Å². The third-order valence-electron chi connectivity index (χ3n) is 10.9. The quantitative estimate of drug-likeness (QED) is 0.0390. The first-order valence-electron chi connectivity index (χ1n) is 23.0. The molecule has 14 nitrogen and oxygen atoms in total. The maximum atomic E-state index is 14.3. The van der Waals surface area contributed by atoms with E-state index in [9.17, 15) is 28.8 Å². The number of carbonyl (C=O) groups is 6. The Hall–Kier alpha value is -6.61. The summed E-state index contributed by atoms with van der Waals surface area (Å²) < 4.78 is 11.4. The average Bonchev–Trinajstić information content (AvgIpc) is 3.71. The van der Waals surface area contributed by atoms with Gasteiger partial charge in [0.2, 0.25) is 29.5 Å². The third-order valence-corrected chi connectivity index (χ3v) is 12.3. The minimum Gasteiger partial charge on any atom is -0.489 e. The fourth-order valence-corrected chi connectivity index (χ4v) is 8.15. The summed E-state index contributed by atoms with van der Waals surface area (Å²) in [4.78, 5) is 85.2. The Morgan fingerprint density at radius 3 is 1.87 bits per heavy atom. The number of hydrogen-bond acceptors (Lipinski definition) is 9. The minimum atomic E-state index is -1.21. The molecule has 0 saturated heterocycles. The Kier molecular flexibility index (Phi) is 19.2. The van der Waals surface area contributed by atoms with Crippen LogP contribution in [0, 0.1) is 12.8 Å². The van der Waals surface area contributed by atoms with E-state index in [0.29, 0.717) is 18.8 Å². The molecular weight excluding hydrogens is 881 g/mol. The lowest BCUT2D eigenvalue weighted by Gasteiger charge is -2.28. The van der Waals surface area contributed by atoms with Gasteiger partial charge >= 0.3 is 5.97 Å². The molecule has 1 heterocycles. The molecule has 0 radical (unpaired) electrons. The molecular formula is C53H66N6O8S. The van der Waals surface area contributed by atoms with Gasteiger partial charge in [-0.3, -0.25) is 24.0 Å². The number of esters is 1. The first kappa shape index (κ1) is 52.4. The van der Waals surface area contributed by atoms with E-state index in [1.807, 2.05) is 120 Å². The molecule has 5 aromatic rings. The highest BCUT2D eigenvalue weighted by Gasteiger charge is 2.33. The normalized spacial score (nSPS) is 13.6. The summed E-state index contributed by atoms with van der Waals surface area (Å²) in [7, 11) is 0. The Morgan fingerprint density at radius 2 is 1.21 bits per heavy atom. The van der Waals surface area contributed by atoms with Crippen molar-refractivity contribution in [2.45, 2.75) is 123 Å². The van der Waals surface area contributed by atoms with Crippen LogP contribution in [0.2, 0.25) is 0 Å². The van der Waals surface area contributed by atoms with E-state index < -0.39 is 59.8 Å². The van der Waals surface area contributed by atoms with E-state index in [0.717, 1.165) is 33.2 Å². The molecule has 0 aliphatic carbocycles. The van der Waals surface area contributed by atoms with Crippen LogP contribution < -0.4 is 31.3 Å². The largest absolute Gasteiger partial charge is 0.489 e. The fourth-order valence-electron chi connectivity index (χ4n) is 7.25. The van der Waals surface area contributed by atoms with Gasteiger partial charge in [-0.15, -0.1) is 0 Å². The van der Waals surface area contributed by atoms with Crippen molar-refractivity contribution in [2.24, 2.45) is 5.92 Å². The summed E-state index contributed by atoms with van der Waals surface area (Å²) in [6.07, 6.45) is 2.27. The molecule has 1 aromatic heterocycles. The number of hydrogen-bond donors (Lipinski definition) is 6. The van der Waals surface area contributed by atoms with Gasteiger partial charge in [0.05, 0.1) is 0 Å². The van der Waals surface area contributed by atoms with Gasteiger partial charge < -0.3 is 41.0 Å². The molecule has 0 bridgehead atoms. The number of benzene rings is 4. The second-order valence-electron chi connectivity index (χ2n) is 18.5. The lowest BCUT2D eigenvalue weighted by Crippen LogP contribution is -2.59. The maximum Gasteiger partial charge on any atom is 0.329 e. The molecule has 0 unspecified atom stereocenters. The van der Waals surface area contributed by atoms with Crippen molar-refractivity contribution in [1.29, 1.82) is 0 Å². The zero-order valence-corrected chi connectivity index (χ0v) is 41.1. The van der Waals surface area contributed by atoms with E-state index in [1.54, 1.807) is 30.5 Å². The average molecular weight is 947 g/mol. The number of carbonyl (C=O) groups excluding carboxylic acids is 6. The predicted molar refractivity (Wildman–Crippen MR) is 267 cm³/mol. The molecule has 0 aliphatic rings. The van der Waals surface area contributed by atoms with Crippen LogP contribution in [0.5, 0.6) is 5.75 Å². The van der Waals surface area contributed by atoms with Crippen LogP contribution in [0.3, 0.4) is 0 Å². The number of ether oxygens (including phenoxy) is 2. The number of H-pyrrole nitrogens is 1. The van der Waals surface area contributed by atoms with Crippen LogP contribution in [-0.4, -0.2) is 81.2 Å². The SMILES string of the molecule is CC(=O)N[C@@H](CC(C)C)C(=O)N[C@@H](CSC(C)(C)C)C(=O)N[C@@H](Cc1c[nH]c2ccccc12)C(=O)N[C@@H](C)C(=O)N[C@@H](Cc1ccccc1)C(=O)OCc1ccc(OCc2ccc(C)cc2)cc1. The molecule has 0 spiro atoms. The summed E-state index contributed by atoms with van der Waals surface area (Å²) >= 11 is 1.46. The summed E-state index contributed by atoms with van der Waals surface area (Å²) in [6.45, 7) is 15.0. The number of aromatic nitrogens is 1. The van der Waals surface area contributed by atoms with Crippen LogP contribution in [0.25, 0.3) is 10.9 Å². The molecule has 0 fully saturated rings. The summed E-state index contributed by atoms with van der Waals surface area (Å²) in [5, 5.41) is 14.8. The number of nitrogens with one attached hydrogen (secondary N) is 6. The highest BCUT2D eigenvalue weighted by molar-refractivity contribution is 8.00. The van der Waals surface area contributed by atoms with E-state index in [1.165, 1.54) is 31.2 Å². The monoisotopic (exact) mass is 946 g/mol. The highest BCUT2D eigenvalue weighted by Crippen LogP contribution is 2.25. The maximum absolute atomic E-state index is 14.3. The van der Waals surface area contributed by atoms with Crippen molar-refractivity contribution >= 4 is 58.2 Å². The summed E-state index contributed by atoms with van der Waals surface area (Å²) in [5.41, 5.74) is 5.28. The third kappa shape index (κ3) is 16.9. The zero-order valence-electron chi connectivity index (χ0n) is 40.3. The summed E-state index contributed by atoms with van der Waals surface area (Å²) in [5.74, 6) is -2.60. The van der Waals surface area contributed by atoms with E-state index >= 15 is 0 Å². The number of thioether (sulfide) groups is 1. The van der Waals surface area contributed by atoms with Crippen molar-refractivity contribution < 1.29 is 38.2 Å². The Labute approximate surface area is 403 Å². The van der Waals surface area contributed by atoms with Crippen molar-refractivity contribution in [1.82, 2.24) is 31.6 Å². The minimum absolute atomic E-state index is 0.0354. The lowest BCUT2D eigenvalue weighted by atomic mass is 10.0. The molecule has 4 aromatic carbocycles. The van der Waals surface area contributed by atoms with Crippen molar-refractivity contribution in [3.8, 4) is 5.75 Å². The molecule has 6 N–H and O–H groups in total. The molecule has 5 atom stereocenters. The molecule has 15 heteroatoms. The number of aryl methyl sites for hydroxylation is 1. The van der Waals surface area contributed by atoms with Gasteiger partial charge in [0.15, 0.2) is 0 Å². The molecule has 0 aliphatic heterocycles. The first-order chi connectivity index (χ1) is 32.3. The number of amides is 5. The van der Waals surface area contributed by atoms with Gasteiger partial charge in [-0.2, -0.15) is 11.8 Å². The van der Waals surface area contributed by atoms with Crippen LogP contribution in [0.1, 0.15) is 82.7 Å². The van der Waals surface area contributed by atoms with E-state index in [4.69, 9.17) is 9.47 Å². The topological polar surface area (TPSA) is 197 Å². The second-order valence-corrected chi connectivity index (χ2v) is 20.3. The number of para-hydroxylation sites is 1. The highest BCUT2D eigenvalue weighted by atomic mass is 32.2. The van der Waals surface area contributed by atoms with Gasteiger partial charge in [0.25, 0.3) is 0 Å².